The van der Waals surface area contributed by atoms with Crippen molar-refractivity contribution in [2.45, 2.75) is 25.4 Å². The molecule has 0 bridgehead atoms. The van der Waals surface area contributed by atoms with Gasteiger partial charge in [0.1, 0.15) is 11.8 Å². The normalized spacial score (nSPS) is 16.6. The molecule has 0 aliphatic carbocycles. The number of carbonyl (C=O) groups excluding carboxylic acids is 2. The summed E-state index contributed by atoms with van der Waals surface area (Å²) in [6, 6.07) is 6.88. The number of rotatable bonds is 8. The van der Waals surface area contributed by atoms with E-state index in [2.05, 4.69) is 10.6 Å². The van der Waals surface area contributed by atoms with E-state index in [0.29, 0.717) is 32.7 Å². The fourth-order valence-electron chi connectivity index (χ4n) is 2.66. The first-order valence-electron chi connectivity index (χ1n) is 8.09. The fraction of sp³-hybridized carbons (Fsp3) is 0.529. The first-order valence-corrected chi connectivity index (χ1v) is 8.09. The van der Waals surface area contributed by atoms with E-state index in [4.69, 9.17) is 9.47 Å². The third-order valence-corrected chi connectivity index (χ3v) is 3.96. The van der Waals surface area contributed by atoms with Gasteiger partial charge in [0, 0.05) is 32.4 Å². The third-order valence-electron chi connectivity index (χ3n) is 3.96. The molecule has 2 rings (SSSR count). The highest BCUT2D eigenvalue weighted by atomic mass is 16.5. The molecule has 1 heterocycles. The minimum absolute atomic E-state index is 0.127. The predicted octanol–water partition coefficient (Wildman–Crippen LogP) is 1.13. The molecule has 0 radical (unpaired) electrons. The van der Waals surface area contributed by atoms with Gasteiger partial charge in [0.05, 0.1) is 13.7 Å². The molecule has 7 nitrogen and oxygen atoms in total. The summed E-state index contributed by atoms with van der Waals surface area (Å²) in [6.45, 7) is 2.11. The van der Waals surface area contributed by atoms with Crippen molar-refractivity contribution in [2.75, 3.05) is 33.9 Å². The molecule has 1 aliphatic rings. The van der Waals surface area contributed by atoms with Crippen LogP contribution in [-0.4, -0.2) is 56.8 Å². The number of hydrogen-bond acceptors (Lipinski definition) is 4. The lowest BCUT2D eigenvalue weighted by Gasteiger charge is -2.25. The van der Waals surface area contributed by atoms with Crippen molar-refractivity contribution in [3.8, 4) is 5.75 Å². The van der Waals surface area contributed by atoms with Gasteiger partial charge in [-0.3, -0.25) is 4.79 Å². The highest BCUT2D eigenvalue weighted by Crippen LogP contribution is 2.19. The third kappa shape index (κ3) is 4.86. The van der Waals surface area contributed by atoms with E-state index in [-0.39, 0.29) is 11.9 Å². The molecule has 1 atom stereocenters. The van der Waals surface area contributed by atoms with Crippen LogP contribution in [0.2, 0.25) is 0 Å². The number of nitrogens with one attached hydrogen (secondary N) is 2. The van der Waals surface area contributed by atoms with Crippen molar-refractivity contribution in [1.29, 1.82) is 0 Å². The van der Waals surface area contributed by atoms with Crippen LogP contribution < -0.4 is 15.4 Å². The van der Waals surface area contributed by atoms with Crippen molar-refractivity contribution < 1.29 is 19.1 Å². The predicted molar refractivity (Wildman–Crippen MR) is 89.8 cm³/mol. The number of benzene rings is 1. The first-order chi connectivity index (χ1) is 11.7. The van der Waals surface area contributed by atoms with Crippen LogP contribution in [0.1, 0.15) is 18.4 Å². The minimum atomic E-state index is -0.458. The largest absolute Gasteiger partial charge is 0.496 e. The molecule has 0 saturated carbocycles. The number of methoxy groups -OCH3 is 2. The SMILES string of the molecule is COCCCN(Cc1ccccc1OC)C(=O)N[C@H]1CCNC1=O. The molecular weight excluding hydrogens is 310 g/mol. The second-order valence-corrected chi connectivity index (χ2v) is 5.66. The van der Waals surface area contributed by atoms with Crippen LogP contribution in [0.15, 0.2) is 24.3 Å². The second-order valence-electron chi connectivity index (χ2n) is 5.66. The lowest BCUT2D eigenvalue weighted by molar-refractivity contribution is -0.120. The van der Waals surface area contributed by atoms with Crippen LogP contribution in [0.3, 0.4) is 0 Å². The Bertz CT molecular complexity index is 565. The molecule has 132 valence electrons. The highest BCUT2D eigenvalue weighted by Gasteiger charge is 2.27. The van der Waals surface area contributed by atoms with Gasteiger partial charge in [-0.05, 0) is 18.9 Å². The van der Waals surface area contributed by atoms with Gasteiger partial charge in [-0.1, -0.05) is 18.2 Å². The zero-order valence-corrected chi connectivity index (χ0v) is 14.2. The van der Waals surface area contributed by atoms with Crippen LogP contribution in [0.5, 0.6) is 5.75 Å². The summed E-state index contributed by atoms with van der Waals surface area (Å²) >= 11 is 0. The van der Waals surface area contributed by atoms with E-state index in [0.717, 1.165) is 17.7 Å². The van der Waals surface area contributed by atoms with Gasteiger partial charge in [-0.25, -0.2) is 4.79 Å². The number of carbonyl (C=O) groups is 2. The summed E-state index contributed by atoms with van der Waals surface area (Å²) < 4.78 is 10.4. The molecule has 7 heteroatoms. The molecule has 0 spiro atoms. The molecule has 1 aliphatic heterocycles. The van der Waals surface area contributed by atoms with Crippen molar-refractivity contribution >= 4 is 11.9 Å². The van der Waals surface area contributed by atoms with Crippen molar-refractivity contribution in [2.24, 2.45) is 0 Å². The molecule has 1 fully saturated rings. The van der Waals surface area contributed by atoms with E-state index in [1.54, 1.807) is 19.1 Å². The summed E-state index contributed by atoms with van der Waals surface area (Å²) in [4.78, 5) is 25.9. The van der Waals surface area contributed by atoms with Crippen LogP contribution in [0.25, 0.3) is 0 Å². The summed E-state index contributed by atoms with van der Waals surface area (Å²) in [6.07, 6.45) is 1.33. The van der Waals surface area contributed by atoms with Crippen molar-refractivity contribution in [3.63, 3.8) is 0 Å². The maximum atomic E-state index is 12.6. The van der Waals surface area contributed by atoms with Crippen molar-refractivity contribution in [3.05, 3.63) is 29.8 Å². The van der Waals surface area contributed by atoms with Gasteiger partial charge >= 0.3 is 6.03 Å². The number of nitrogens with zero attached hydrogens (tertiary/aromatic N) is 1. The Kier molecular flexibility index (Phi) is 6.87. The van der Waals surface area contributed by atoms with E-state index in [9.17, 15) is 9.59 Å². The summed E-state index contributed by atoms with van der Waals surface area (Å²) in [5, 5.41) is 5.53. The maximum absolute atomic E-state index is 12.6. The maximum Gasteiger partial charge on any atom is 0.318 e. The molecule has 0 aromatic heterocycles. The number of ether oxygens (including phenoxy) is 2. The van der Waals surface area contributed by atoms with Gasteiger partial charge in [0.15, 0.2) is 0 Å². The van der Waals surface area contributed by atoms with Crippen LogP contribution >= 0.6 is 0 Å². The average Bonchev–Trinajstić information content (AvgIpc) is 2.99. The Hall–Kier alpha value is -2.28. The summed E-state index contributed by atoms with van der Waals surface area (Å²) in [5.41, 5.74) is 0.920. The molecular formula is C17H25N3O4. The Balaban J connectivity index is 2.05. The van der Waals surface area contributed by atoms with Crippen LogP contribution in [0, 0.1) is 0 Å². The Labute approximate surface area is 142 Å². The van der Waals surface area contributed by atoms with Gasteiger partial charge in [-0.15, -0.1) is 0 Å². The van der Waals surface area contributed by atoms with Gasteiger partial charge < -0.3 is 25.0 Å². The van der Waals surface area contributed by atoms with Gasteiger partial charge in [0.2, 0.25) is 5.91 Å². The Morgan fingerprint density at radius 3 is 2.83 bits per heavy atom. The molecule has 1 aromatic rings. The monoisotopic (exact) mass is 335 g/mol. The molecule has 0 unspecified atom stereocenters. The quantitative estimate of drug-likeness (QED) is 0.698. The minimum Gasteiger partial charge on any atom is -0.496 e. The van der Waals surface area contributed by atoms with Crippen LogP contribution in [-0.2, 0) is 16.1 Å². The zero-order chi connectivity index (χ0) is 17.4. The highest BCUT2D eigenvalue weighted by molar-refractivity contribution is 5.88. The topological polar surface area (TPSA) is 79.9 Å². The van der Waals surface area contributed by atoms with Crippen LogP contribution in [0.4, 0.5) is 4.79 Å². The average molecular weight is 335 g/mol. The van der Waals surface area contributed by atoms with E-state index in [1.807, 2.05) is 24.3 Å². The number of amides is 3. The summed E-state index contributed by atoms with van der Waals surface area (Å²) in [5.74, 6) is 0.609. The zero-order valence-electron chi connectivity index (χ0n) is 14.2. The molecule has 1 saturated heterocycles. The lowest BCUT2D eigenvalue weighted by Crippen LogP contribution is -2.47. The Morgan fingerprint density at radius 1 is 1.38 bits per heavy atom. The second kappa shape index (κ2) is 9.12. The number of para-hydroxylation sites is 1. The lowest BCUT2D eigenvalue weighted by atomic mass is 10.2. The van der Waals surface area contributed by atoms with E-state index >= 15 is 0 Å². The van der Waals surface area contributed by atoms with Gasteiger partial charge in [0.25, 0.3) is 0 Å². The molecule has 3 amide bonds. The van der Waals surface area contributed by atoms with E-state index in [1.165, 1.54) is 0 Å². The molecule has 24 heavy (non-hydrogen) atoms. The number of urea groups is 1. The first kappa shape index (κ1) is 18.1. The van der Waals surface area contributed by atoms with Crippen molar-refractivity contribution in [1.82, 2.24) is 15.5 Å². The smallest absolute Gasteiger partial charge is 0.318 e. The Morgan fingerprint density at radius 2 is 2.17 bits per heavy atom. The molecule has 1 aromatic carbocycles. The van der Waals surface area contributed by atoms with E-state index < -0.39 is 6.04 Å². The molecule has 2 N–H and O–H groups in total. The fourth-order valence-corrected chi connectivity index (χ4v) is 2.66. The number of hydrogen-bond donors (Lipinski definition) is 2. The van der Waals surface area contributed by atoms with Gasteiger partial charge in [-0.2, -0.15) is 0 Å². The summed E-state index contributed by atoms with van der Waals surface area (Å²) in [7, 11) is 3.24. The standard InChI is InChI=1S/C17H25N3O4/c1-23-11-5-10-20(12-13-6-3-4-7-15(13)24-2)17(22)19-14-8-9-18-16(14)21/h3-4,6-7,14H,5,8-12H2,1-2H3,(H,18,21)(H,19,22)/t14-/m0/s1.